The number of nitro groups is 1. The molecule has 0 radical (unpaired) electrons. The van der Waals surface area contributed by atoms with Gasteiger partial charge in [0.2, 0.25) is 0 Å². The molecule has 0 saturated heterocycles. The predicted molar refractivity (Wildman–Crippen MR) is 66.4 cm³/mol. The molecule has 0 bridgehead atoms. The van der Waals surface area contributed by atoms with Gasteiger partial charge in [-0.25, -0.2) is 4.79 Å². The highest BCUT2D eigenvalue weighted by Crippen LogP contribution is 2.23. The lowest BCUT2D eigenvalue weighted by molar-refractivity contribution is -0.385. The molecule has 1 atom stereocenters. The van der Waals surface area contributed by atoms with Crippen molar-refractivity contribution < 1.29 is 24.7 Å². The molecule has 1 aromatic carbocycles. The molecule has 8 heteroatoms. The first-order chi connectivity index (χ1) is 8.99. The molecule has 1 unspecified atom stereocenters. The lowest BCUT2D eigenvalue weighted by Gasteiger charge is -2.16. The van der Waals surface area contributed by atoms with Crippen molar-refractivity contribution in [3.8, 4) is 0 Å². The fourth-order valence-electron chi connectivity index (χ4n) is 1.53. The van der Waals surface area contributed by atoms with E-state index < -0.39 is 22.6 Å². The summed E-state index contributed by atoms with van der Waals surface area (Å²) in [5.74, 6) is -1.37. The Kier molecular flexibility index (Phi) is 5.22. The third-order valence-corrected chi connectivity index (χ3v) is 2.38. The van der Waals surface area contributed by atoms with Crippen LogP contribution in [0, 0.1) is 10.1 Å². The van der Waals surface area contributed by atoms with E-state index >= 15 is 0 Å². The number of carboxylic acids is 1. The van der Waals surface area contributed by atoms with Crippen molar-refractivity contribution in [2.75, 3.05) is 25.6 Å². The van der Waals surface area contributed by atoms with Crippen LogP contribution in [-0.2, 0) is 4.74 Å². The largest absolute Gasteiger partial charge is 0.477 e. The quantitative estimate of drug-likeness (QED) is 0.492. The maximum atomic E-state index is 10.8. The number of aliphatic hydroxyl groups excluding tert-OH is 1. The third-order valence-electron chi connectivity index (χ3n) is 2.38. The molecule has 1 rings (SSSR count). The molecular weight excluding hydrogens is 256 g/mol. The van der Waals surface area contributed by atoms with Gasteiger partial charge in [-0.05, 0) is 12.1 Å². The van der Waals surface area contributed by atoms with E-state index in [-0.39, 0.29) is 18.8 Å². The molecule has 0 saturated carbocycles. The molecule has 0 aliphatic carbocycles. The molecule has 19 heavy (non-hydrogen) atoms. The summed E-state index contributed by atoms with van der Waals surface area (Å²) in [6.07, 6.45) is 0. The standard InChI is InChI=1S/C11H14N2O6/c1-19-6-8(5-14)12-7-2-3-9(11(15)16)10(4-7)13(17)18/h2-4,8,12,14H,5-6H2,1H3,(H,15,16). The summed E-state index contributed by atoms with van der Waals surface area (Å²) in [6.45, 7) is -0.00665. The number of nitrogens with zero attached hydrogens (tertiary/aromatic N) is 1. The predicted octanol–water partition coefficient (Wildman–Crippen LogP) is 0.712. The number of hydrogen-bond acceptors (Lipinski definition) is 6. The Balaban J connectivity index is 3.01. The van der Waals surface area contributed by atoms with E-state index in [0.29, 0.717) is 5.69 Å². The van der Waals surface area contributed by atoms with Crippen molar-refractivity contribution >= 4 is 17.3 Å². The second-order valence-electron chi connectivity index (χ2n) is 3.77. The maximum Gasteiger partial charge on any atom is 0.342 e. The van der Waals surface area contributed by atoms with Crippen molar-refractivity contribution in [2.24, 2.45) is 0 Å². The smallest absolute Gasteiger partial charge is 0.342 e. The van der Waals surface area contributed by atoms with Crippen molar-refractivity contribution in [1.29, 1.82) is 0 Å². The second-order valence-corrected chi connectivity index (χ2v) is 3.77. The third kappa shape index (κ3) is 3.90. The summed E-state index contributed by atoms with van der Waals surface area (Å²) in [6, 6.07) is 3.22. The summed E-state index contributed by atoms with van der Waals surface area (Å²) in [7, 11) is 1.46. The Bertz CT molecular complexity index is 476. The number of nitrogens with one attached hydrogen (secondary N) is 1. The molecule has 1 aromatic rings. The molecule has 104 valence electrons. The van der Waals surface area contributed by atoms with Gasteiger partial charge in [-0.15, -0.1) is 0 Å². The van der Waals surface area contributed by atoms with E-state index in [4.69, 9.17) is 14.9 Å². The Morgan fingerprint density at radius 3 is 2.74 bits per heavy atom. The maximum absolute atomic E-state index is 10.8. The fourth-order valence-corrected chi connectivity index (χ4v) is 1.53. The van der Waals surface area contributed by atoms with Gasteiger partial charge in [0, 0.05) is 18.9 Å². The first-order valence-electron chi connectivity index (χ1n) is 5.37. The van der Waals surface area contributed by atoms with E-state index in [1.54, 1.807) is 0 Å². The summed E-state index contributed by atoms with van der Waals surface area (Å²) < 4.78 is 4.86. The molecule has 0 heterocycles. The van der Waals surface area contributed by atoms with Gasteiger partial charge >= 0.3 is 5.97 Å². The summed E-state index contributed by atoms with van der Waals surface area (Å²) >= 11 is 0. The number of hydrogen-bond donors (Lipinski definition) is 3. The highest BCUT2D eigenvalue weighted by atomic mass is 16.6. The van der Waals surface area contributed by atoms with Crippen LogP contribution in [0.4, 0.5) is 11.4 Å². The number of nitro benzene ring substituents is 1. The number of aliphatic hydroxyl groups is 1. The Morgan fingerprint density at radius 2 is 2.26 bits per heavy atom. The number of ether oxygens (including phenoxy) is 1. The van der Waals surface area contributed by atoms with Gasteiger partial charge in [0.1, 0.15) is 5.56 Å². The summed E-state index contributed by atoms with van der Waals surface area (Å²) in [5, 5.41) is 31.5. The molecular formula is C11H14N2O6. The fraction of sp³-hybridized carbons (Fsp3) is 0.364. The molecule has 0 aliphatic heterocycles. The van der Waals surface area contributed by atoms with Gasteiger partial charge in [-0.2, -0.15) is 0 Å². The normalized spacial score (nSPS) is 11.9. The van der Waals surface area contributed by atoms with E-state index in [0.717, 1.165) is 12.1 Å². The molecule has 0 amide bonds. The molecule has 0 fully saturated rings. The zero-order valence-electron chi connectivity index (χ0n) is 10.2. The van der Waals surface area contributed by atoms with Crippen molar-refractivity contribution in [1.82, 2.24) is 0 Å². The van der Waals surface area contributed by atoms with Crippen molar-refractivity contribution in [2.45, 2.75) is 6.04 Å². The van der Waals surface area contributed by atoms with Crippen LogP contribution in [-0.4, -0.2) is 47.5 Å². The number of methoxy groups -OCH3 is 1. The Labute approximate surface area is 108 Å². The Hall–Kier alpha value is -2.19. The number of carbonyl (C=O) groups is 1. The van der Waals surface area contributed by atoms with Crippen LogP contribution in [0.2, 0.25) is 0 Å². The van der Waals surface area contributed by atoms with Gasteiger partial charge in [0.15, 0.2) is 0 Å². The minimum Gasteiger partial charge on any atom is -0.477 e. The van der Waals surface area contributed by atoms with Crippen LogP contribution in [0.25, 0.3) is 0 Å². The first kappa shape index (κ1) is 14.9. The van der Waals surface area contributed by atoms with E-state index in [9.17, 15) is 14.9 Å². The number of anilines is 1. The molecule has 8 nitrogen and oxygen atoms in total. The molecule has 0 aromatic heterocycles. The lowest BCUT2D eigenvalue weighted by Crippen LogP contribution is -2.28. The van der Waals surface area contributed by atoms with Crippen LogP contribution in [0.5, 0.6) is 0 Å². The number of aromatic carboxylic acids is 1. The molecule has 3 N–H and O–H groups in total. The molecule has 0 spiro atoms. The van der Waals surface area contributed by atoms with E-state index in [2.05, 4.69) is 5.32 Å². The van der Waals surface area contributed by atoms with Gasteiger partial charge in [-0.1, -0.05) is 0 Å². The first-order valence-corrected chi connectivity index (χ1v) is 5.37. The van der Waals surface area contributed by atoms with Gasteiger partial charge in [-0.3, -0.25) is 10.1 Å². The van der Waals surface area contributed by atoms with E-state index in [1.165, 1.54) is 13.2 Å². The topological polar surface area (TPSA) is 122 Å². The highest BCUT2D eigenvalue weighted by molar-refractivity contribution is 5.93. The highest BCUT2D eigenvalue weighted by Gasteiger charge is 2.20. The van der Waals surface area contributed by atoms with Gasteiger partial charge in [0.05, 0.1) is 24.2 Å². The minimum absolute atomic E-state index is 0.213. The van der Waals surface area contributed by atoms with Crippen molar-refractivity contribution in [3.63, 3.8) is 0 Å². The number of carboxylic acid groups (broad SMARTS) is 1. The zero-order chi connectivity index (χ0) is 14.4. The summed E-state index contributed by atoms with van der Waals surface area (Å²) in [5.41, 5.74) is -0.553. The van der Waals surface area contributed by atoms with Crippen LogP contribution < -0.4 is 5.32 Å². The number of rotatable bonds is 7. The SMILES string of the molecule is COCC(CO)Nc1ccc(C(=O)O)c([N+](=O)[O-])c1. The van der Waals surface area contributed by atoms with Gasteiger partial charge < -0.3 is 20.3 Å². The second kappa shape index (κ2) is 6.66. The minimum atomic E-state index is -1.37. The van der Waals surface area contributed by atoms with Crippen LogP contribution >= 0.6 is 0 Å². The molecule has 0 aliphatic rings. The average Bonchev–Trinajstić information content (AvgIpc) is 2.37. The lowest BCUT2D eigenvalue weighted by atomic mass is 10.1. The van der Waals surface area contributed by atoms with Crippen LogP contribution in [0.15, 0.2) is 18.2 Å². The Morgan fingerprint density at radius 1 is 1.58 bits per heavy atom. The van der Waals surface area contributed by atoms with Gasteiger partial charge in [0.25, 0.3) is 5.69 Å². The van der Waals surface area contributed by atoms with E-state index in [1.807, 2.05) is 0 Å². The van der Waals surface area contributed by atoms with Crippen molar-refractivity contribution in [3.05, 3.63) is 33.9 Å². The van der Waals surface area contributed by atoms with Crippen LogP contribution in [0.3, 0.4) is 0 Å². The zero-order valence-corrected chi connectivity index (χ0v) is 10.2. The monoisotopic (exact) mass is 270 g/mol. The van der Waals surface area contributed by atoms with Crippen LogP contribution in [0.1, 0.15) is 10.4 Å². The number of benzene rings is 1. The average molecular weight is 270 g/mol. The summed E-state index contributed by atoms with van der Waals surface area (Å²) in [4.78, 5) is 20.9.